The average Bonchev–Trinajstić information content (AvgIpc) is 3.75. The van der Waals surface area contributed by atoms with Crippen molar-refractivity contribution < 1.29 is 23.6 Å². The molecule has 10 heteroatoms. The van der Waals surface area contributed by atoms with Gasteiger partial charge in [-0.05, 0) is 73.0 Å². The van der Waals surface area contributed by atoms with Crippen molar-refractivity contribution in [3.8, 4) is 0 Å². The largest absolute Gasteiger partial charge is 0.457 e. The molecule has 3 N–H and O–H groups in total. The summed E-state index contributed by atoms with van der Waals surface area (Å²) in [5, 5.41) is 8.77. The first-order valence-corrected chi connectivity index (χ1v) is 13.6. The van der Waals surface area contributed by atoms with E-state index in [9.17, 15) is 19.2 Å². The highest BCUT2D eigenvalue weighted by atomic mass is 16.3. The lowest BCUT2D eigenvalue weighted by Crippen LogP contribution is -2.62. The van der Waals surface area contributed by atoms with Gasteiger partial charge in [0.1, 0.15) is 11.2 Å². The molecule has 2 unspecified atom stereocenters. The Labute approximate surface area is 241 Å². The van der Waals surface area contributed by atoms with Gasteiger partial charge in [0, 0.05) is 30.1 Å². The molecule has 5 aromatic rings. The van der Waals surface area contributed by atoms with Crippen molar-refractivity contribution in [1.82, 2.24) is 25.8 Å². The van der Waals surface area contributed by atoms with Crippen molar-refractivity contribution >= 4 is 45.8 Å². The van der Waals surface area contributed by atoms with Crippen LogP contribution in [0, 0.1) is 6.92 Å². The van der Waals surface area contributed by atoms with Crippen molar-refractivity contribution in [2.45, 2.75) is 31.8 Å². The number of amides is 5. The van der Waals surface area contributed by atoms with Gasteiger partial charge in [0.25, 0.3) is 11.8 Å². The first kappa shape index (κ1) is 26.9. The number of carbonyl (C=O) groups is 4. The van der Waals surface area contributed by atoms with E-state index < -0.39 is 23.5 Å². The Morgan fingerprint density at radius 3 is 2.31 bits per heavy atom. The third kappa shape index (κ3) is 5.14. The van der Waals surface area contributed by atoms with Gasteiger partial charge in [-0.15, -0.1) is 0 Å². The summed E-state index contributed by atoms with van der Waals surface area (Å²) in [6.45, 7) is 3.49. The van der Waals surface area contributed by atoms with E-state index in [2.05, 4.69) is 33.1 Å². The lowest BCUT2D eigenvalue weighted by atomic mass is 9.93. The number of hydrogen-bond donors (Lipinski definition) is 3. The van der Waals surface area contributed by atoms with E-state index in [-0.39, 0.29) is 24.9 Å². The Kier molecular flexibility index (Phi) is 6.82. The summed E-state index contributed by atoms with van der Waals surface area (Å²) in [6, 6.07) is 23.8. The number of pyridine rings is 1. The average molecular weight is 564 g/mol. The van der Waals surface area contributed by atoms with E-state index in [4.69, 9.17) is 4.42 Å². The highest BCUT2D eigenvalue weighted by Crippen LogP contribution is 2.26. The van der Waals surface area contributed by atoms with Crippen molar-refractivity contribution in [1.29, 1.82) is 0 Å². The van der Waals surface area contributed by atoms with Crippen molar-refractivity contribution in [3.63, 3.8) is 0 Å². The molecule has 2 aromatic carbocycles. The lowest BCUT2D eigenvalue weighted by molar-refractivity contribution is -0.128. The zero-order valence-electron chi connectivity index (χ0n) is 23.1. The minimum atomic E-state index is -1.38. The van der Waals surface area contributed by atoms with Gasteiger partial charge in [-0.1, -0.05) is 30.3 Å². The molecule has 2 aliphatic heterocycles. The fourth-order valence-electron chi connectivity index (χ4n) is 5.61. The van der Waals surface area contributed by atoms with Crippen LogP contribution in [0.3, 0.4) is 0 Å². The molecule has 7 rings (SSSR count). The SMILES string of the molecule is CC(=O)N1CC(NC(=O)c2ccc(Cc3cc(C)nc4ccccc34)cc2)C2(C1)NC(=O)NC2=O.c1cc2ccc1o2. The second-order valence-electron chi connectivity index (χ2n) is 10.7. The maximum absolute atomic E-state index is 13.0. The van der Waals surface area contributed by atoms with E-state index in [1.54, 1.807) is 12.1 Å². The van der Waals surface area contributed by atoms with Crippen molar-refractivity contribution in [2.75, 3.05) is 13.1 Å². The van der Waals surface area contributed by atoms with Gasteiger partial charge in [0.2, 0.25) is 5.91 Å². The number of imide groups is 1. The van der Waals surface area contributed by atoms with Crippen LogP contribution in [0.25, 0.3) is 22.1 Å². The number of nitrogens with one attached hydrogen (secondary N) is 3. The summed E-state index contributed by atoms with van der Waals surface area (Å²) in [6.07, 6.45) is 0.692. The molecule has 2 bridgehead atoms. The van der Waals surface area contributed by atoms with E-state index in [0.717, 1.165) is 38.9 Å². The molecule has 2 fully saturated rings. The Bertz CT molecular complexity index is 1770. The summed E-state index contributed by atoms with van der Waals surface area (Å²) >= 11 is 0. The van der Waals surface area contributed by atoms with Gasteiger partial charge in [-0.2, -0.15) is 0 Å². The number of aromatic nitrogens is 1. The second-order valence-corrected chi connectivity index (χ2v) is 10.7. The van der Waals surface area contributed by atoms with Crippen LogP contribution in [-0.2, 0) is 16.0 Å². The molecule has 2 saturated heterocycles. The van der Waals surface area contributed by atoms with E-state index >= 15 is 0 Å². The number of hydrogen-bond acceptors (Lipinski definition) is 6. The molecule has 2 aliphatic rings. The normalized spacial score (nSPS) is 19.6. The molecule has 0 saturated carbocycles. The summed E-state index contributed by atoms with van der Waals surface area (Å²) in [4.78, 5) is 55.4. The van der Waals surface area contributed by atoms with Crippen molar-refractivity contribution in [3.05, 3.63) is 101 Å². The minimum absolute atomic E-state index is 0.00307. The minimum Gasteiger partial charge on any atom is -0.457 e. The predicted molar refractivity (Wildman–Crippen MR) is 156 cm³/mol. The van der Waals surface area contributed by atoms with Crippen molar-refractivity contribution in [2.24, 2.45) is 0 Å². The number of aryl methyl sites for hydroxylation is 1. The van der Waals surface area contributed by atoms with Crippen LogP contribution >= 0.6 is 0 Å². The third-order valence-electron chi connectivity index (χ3n) is 7.76. The first-order valence-electron chi connectivity index (χ1n) is 13.6. The lowest BCUT2D eigenvalue weighted by Gasteiger charge is -2.27. The van der Waals surface area contributed by atoms with Gasteiger partial charge >= 0.3 is 6.03 Å². The predicted octanol–water partition coefficient (Wildman–Crippen LogP) is 3.54. The summed E-state index contributed by atoms with van der Waals surface area (Å²) in [5.74, 6) is -1.17. The van der Waals surface area contributed by atoms with Crippen LogP contribution in [0.15, 0.2) is 83.3 Å². The number of likely N-dealkylation sites (tertiary alicyclic amines) is 1. The Balaban J connectivity index is 0.000000389. The number of furan rings is 2. The highest BCUT2D eigenvalue weighted by molar-refractivity contribution is 6.09. The van der Waals surface area contributed by atoms with Crippen LogP contribution in [0.4, 0.5) is 4.79 Å². The van der Waals surface area contributed by atoms with E-state index in [0.29, 0.717) is 12.0 Å². The molecule has 10 nitrogen and oxygen atoms in total. The first-order chi connectivity index (χ1) is 20.2. The summed E-state index contributed by atoms with van der Waals surface area (Å²) in [7, 11) is 0. The molecule has 0 radical (unpaired) electrons. The highest BCUT2D eigenvalue weighted by Gasteiger charge is 2.58. The fraction of sp³-hybridized carbons (Fsp3) is 0.219. The molecule has 212 valence electrons. The molecular formula is C32H29N5O5. The number of fused-ring (bicyclic) bond motifs is 3. The zero-order valence-corrected chi connectivity index (χ0v) is 23.1. The quantitative estimate of drug-likeness (QED) is 0.287. The Morgan fingerprint density at radius 1 is 1.02 bits per heavy atom. The number of rotatable bonds is 4. The van der Waals surface area contributed by atoms with Gasteiger partial charge in [0.15, 0.2) is 5.54 Å². The number of nitrogens with zero attached hydrogens (tertiary/aromatic N) is 2. The van der Waals surface area contributed by atoms with Crippen LogP contribution in [0.5, 0.6) is 0 Å². The second kappa shape index (κ2) is 10.6. The van der Waals surface area contributed by atoms with Gasteiger partial charge in [-0.25, -0.2) is 4.79 Å². The van der Waals surface area contributed by atoms with Gasteiger partial charge in [0.05, 0.1) is 18.1 Å². The number of urea groups is 1. The topological polar surface area (TPSA) is 134 Å². The molecule has 5 amide bonds. The van der Waals surface area contributed by atoms with Gasteiger partial charge in [-0.3, -0.25) is 24.7 Å². The molecule has 42 heavy (non-hydrogen) atoms. The molecule has 1 spiro atoms. The maximum Gasteiger partial charge on any atom is 0.322 e. The van der Waals surface area contributed by atoms with E-state index in [1.165, 1.54) is 11.8 Å². The molecule has 0 aliphatic carbocycles. The van der Waals surface area contributed by atoms with Crippen LogP contribution in [-0.4, -0.2) is 58.3 Å². The van der Waals surface area contributed by atoms with E-state index in [1.807, 2.05) is 61.5 Å². The molecular weight excluding hydrogens is 534 g/mol. The fourth-order valence-corrected chi connectivity index (χ4v) is 5.61. The molecule has 5 heterocycles. The smallest absolute Gasteiger partial charge is 0.322 e. The Hall–Kier alpha value is -5.25. The standard InChI is InChI=1S/C26H25N5O4.C6H4O/c1-15-11-19(20-5-3-4-6-21(20)27-15)12-17-7-9-18(10-8-17)23(33)28-22-13-31(16(2)32)14-26(22)24(34)29-25(35)30-26;1-2-6-4-3-5(1)7-6/h3-11,22H,12-14H2,1-2H3,(H,28,33)(H2,29,30,34,35);1-4H. The molecule has 3 aromatic heterocycles. The van der Waals surface area contributed by atoms with Crippen LogP contribution in [0.2, 0.25) is 0 Å². The molecule has 2 atom stereocenters. The number of para-hydroxylation sites is 1. The number of carbonyl (C=O) groups excluding carboxylic acids is 4. The number of benzene rings is 3. The summed E-state index contributed by atoms with van der Waals surface area (Å²) < 4.78 is 5.08. The zero-order chi connectivity index (χ0) is 29.4. The van der Waals surface area contributed by atoms with Crippen LogP contribution in [0.1, 0.15) is 34.1 Å². The summed E-state index contributed by atoms with van der Waals surface area (Å²) in [5.41, 5.74) is 5.08. The Morgan fingerprint density at radius 2 is 1.71 bits per heavy atom. The van der Waals surface area contributed by atoms with Gasteiger partial charge < -0.3 is 20.0 Å². The maximum atomic E-state index is 13.0. The van der Waals surface area contributed by atoms with Crippen LogP contribution < -0.4 is 16.0 Å². The third-order valence-corrected chi connectivity index (χ3v) is 7.76. The monoisotopic (exact) mass is 563 g/mol.